The van der Waals surface area contributed by atoms with E-state index in [0.717, 1.165) is 21.7 Å². The molecule has 6 nitrogen and oxygen atoms in total. The van der Waals surface area contributed by atoms with Crippen LogP contribution in [0.1, 0.15) is 21.7 Å². The first kappa shape index (κ1) is 24.7. The third kappa shape index (κ3) is 6.16. The highest BCUT2D eigenvalue weighted by atomic mass is 35.5. The Hall–Kier alpha value is -3.46. The lowest BCUT2D eigenvalue weighted by molar-refractivity contribution is -0.186. The number of rotatable bonds is 5. The predicted molar refractivity (Wildman–Crippen MR) is 125 cm³/mol. The smallest absolute Gasteiger partial charge is 0.335 e. The molecule has 2 aromatic carbocycles. The molecule has 10 heteroatoms. The summed E-state index contributed by atoms with van der Waals surface area (Å²) in [5.41, 5.74) is 3.21. The van der Waals surface area contributed by atoms with Gasteiger partial charge in [-0.25, -0.2) is 9.97 Å². The van der Waals surface area contributed by atoms with Crippen molar-refractivity contribution < 1.29 is 22.8 Å². The summed E-state index contributed by atoms with van der Waals surface area (Å²) in [6.45, 7) is -0.165. The highest BCUT2D eigenvalue weighted by Gasteiger charge is 2.43. The third-order valence-corrected chi connectivity index (χ3v) is 6.03. The van der Waals surface area contributed by atoms with Crippen LogP contribution in [0.25, 0.3) is 11.3 Å². The Kier molecular flexibility index (Phi) is 7.35. The molecule has 0 unspecified atom stereocenters. The standard InChI is InChI=1S/C25H22ClF3N4O2/c26-20-8-6-18(7-9-20)21-11-12-30-22(31-21)10-3-17-1-4-19(5-2-17)23(34)32-13-15-33(16-14-32)24(35)25(27,28)29/h1-2,4-9,11-12H,3,10,13-16H2. The molecule has 0 spiro atoms. The summed E-state index contributed by atoms with van der Waals surface area (Å²) in [7, 11) is 0. The SMILES string of the molecule is O=C(c1ccc(CCc2nccc(-c3ccc(Cl)cc3)n2)cc1)N1CCN(C(=O)C(F)(F)F)CC1. The van der Waals surface area contributed by atoms with Gasteiger partial charge in [0.05, 0.1) is 5.69 Å². The van der Waals surface area contributed by atoms with Gasteiger partial charge in [0.15, 0.2) is 0 Å². The summed E-state index contributed by atoms with van der Waals surface area (Å²) in [6, 6.07) is 16.4. The molecule has 182 valence electrons. The molecule has 0 bridgehead atoms. The van der Waals surface area contributed by atoms with Crippen molar-refractivity contribution in [2.75, 3.05) is 26.2 Å². The fourth-order valence-corrected chi connectivity index (χ4v) is 3.97. The maximum absolute atomic E-state index is 12.7. The first-order valence-corrected chi connectivity index (χ1v) is 11.4. The highest BCUT2D eigenvalue weighted by Crippen LogP contribution is 2.21. The second kappa shape index (κ2) is 10.4. The molecule has 0 atom stereocenters. The Labute approximate surface area is 205 Å². The van der Waals surface area contributed by atoms with Crippen LogP contribution in [0.3, 0.4) is 0 Å². The second-order valence-corrected chi connectivity index (χ2v) is 8.58. The van der Waals surface area contributed by atoms with Crippen LogP contribution in [0.2, 0.25) is 5.02 Å². The average molecular weight is 503 g/mol. The van der Waals surface area contributed by atoms with E-state index in [1.807, 2.05) is 42.5 Å². The van der Waals surface area contributed by atoms with Gasteiger partial charge in [-0.1, -0.05) is 35.9 Å². The van der Waals surface area contributed by atoms with Gasteiger partial charge in [-0.15, -0.1) is 0 Å². The number of nitrogens with zero attached hydrogens (tertiary/aromatic N) is 4. The van der Waals surface area contributed by atoms with Crippen molar-refractivity contribution >= 4 is 23.4 Å². The lowest BCUT2D eigenvalue weighted by Crippen LogP contribution is -2.53. The Morgan fingerprint density at radius 2 is 1.49 bits per heavy atom. The van der Waals surface area contributed by atoms with Crippen molar-refractivity contribution in [2.24, 2.45) is 0 Å². The summed E-state index contributed by atoms with van der Waals surface area (Å²) >= 11 is 5.95. The van der Waals surface area contributed by atoms with E-state index < -0.39 is 12.1 Å². The molecule has 1 aliphatic heterocycles. The summed E-state index contributed by atoms with van der Waals surface area (Å²) in [5.74, 6) is -1.44. The zero-order chi connectivity index (χ0) is 25.0. The minimum absolute atomic E-state index is 0.0592. The van der Waals surface area contributed by atoms with Crippen molar-refractivity contribution in [1.82, 2.24) is 19.8 Å². The van der Waals surface area contributed by atoms with Crippen LogP contribution in [0, 0.1) is 0 Å². The van der Waals surface area contributed by atoms with Crippen LogP contribution >= 0.6 is 11.6 Å². The number of piperazine rings is 1. The molecular formula is C25H22ClF3N4O2. The van der Waals surface area contributed by atoms with Gasteiger partial charge in [0.25, 0.3) is 5.91 Å². The van der Waals surface area contributed by atoms with Gasteiger partial charge in [0, 0.05) is 54.9 Å². The number of alkyl halides is 3. The fourth-order valence-electron chi connectivity index (χ4n) is 3.85. The van der Waals surface area contributed by atoms with Crippen LogP contribution in [-0.2, 0) is 17.6 Å². The molecule has 1 fully saturated rings. The Bertz CT molecular complexity index is 1190. The Morgan fingerprint density at radius 3 is 2.11 bits per heavy atom. The molecule has 0 saturated carbocycles. The zero-order valence-electron chi connectivity index (χ0n) is 18.6. The molecule has 0 aliphatic carbocycles. The molecule has 2 heterocycles. The van der Waals surface area contributed by atoms with Gasteiger partial charge >= 0.3 is 12.1 Å². The van der Waals surface area contributed by atoms with Gasteiger partial charge in [-0.2, -0.15) is 13.2 Å². The topological polar surface area (TPSA) is 66.4 Å². The fraction of sp³-hybridized carbons (Fsp3) is 0.280. The second-order valence-electron chi connectivity index (χ2n) is 8.14. The predicted octanol–water partition coefficient (Wildman–Crippen LogP) is 4.43. The minimum atomic E-state index is -4.90. The third-order valence-electron chi connectivity index (χ3n) is 5.78. The van der Waals surface area contributed by atoms with E-state index in [-0.39, 0.29) is 32.1 Å². The van der Waals surface area contributed by atoms with Crippen LogP contribution in [0.15, 0.2) is 60.8 Å². The monoisotopic (exact) mass is 502 g/mol. The molecule has 1 aromatic heterocycles. The van der Waals surface area contributed by atoms with Crippen LogP contribution in [-0.4, -0.2) is 63.9 Å². The number of hydrogen-bond acceptors (Lipinski definition) is 4. The number of halogens is 4. The van der Waals surface area contributed by atoms with Crippen LogP contribution < -0.4 is 0 Å². The largest absolute Gasteiger partial charge is 0.471 e. The van der Waals surface area contributed by atoms with E-state index in [2.05, 4.69) is 9.97 Å². The maximum Gasteiger partial charge on any atom is 0.471 e. The molecule has 4 rings (SSSR count). The number of hydrogen-bond donors (Lipinski definition) is 0. The molecular weight excluding hydrogens is 481 g/mol. The number of amides is 2. The molecule has 0 N–H and O–H groups in total. The van der Waals surface area contributed by atoms with Crippen molar-refractivity contribution in [1.29, 1.82) is 0 Å². The number of carbonyl (C=O) groups excluding carboxylic acids is 2. The Balaban J connectivity index is 1.32. The first-order valence-electron chi connectivity index (χ1n) is 11.0. The molecule has 35 heavy (non-hydrogen) atoms. The summed E-state index contributed by atoms with van der Waals surface area (Å²) < 4.78 is 37.8. The zero-order valence-corrected chi connectivity index (χ0v) is 19.4. The molecule has 3 aromatic rings. The number of carbonyl (C=O) groups is 2. The van der Waals surface area contributed by atoms with E-state index in [9.17, 15) is 22.8 Å². The number of aryl methyl sites for hydroxylation is 2. The number of benzene rings is 2. The summed E-state index contributed by atoms with van der Waals surface area (Å²) in [6.07, 6.45) is -1.89. The van der Waals surface area contributed by atoms with E-state index >= 15 is 0 Å². The van der Waals surface area contributed by atoms with E-state index in [1.54, 1.807) is 18.3 Å². The van der Waals surface area contributed by atoms with Crippen molar-refractivity contribution in [3.8, 4) is 11.3 Å². The number of aromatic nitrogens is 2. The van der Waals surface area contributed by atoms with Crippen LogP contribution in [0.4, 0.5) is 13.2 Å². The van der Waals surface area contributed by atoms with E-state index in [1.165, 1.54) is 4.90 Å². The molecule has 0 radical (unpaired) electrons. The van der Waals surface area contributed by atoms with Gasteiger partial charge in [0.1, 0.15) is 5.82 Å². The quantitative estimate of drug-likeness (QED) is 0.518. The normalized spacial score (nSPS) is 14.2. The molecule has 1 aliphatic rings. The van der Waals surface area contributed by atoms with Gasteiger partial charge in [-0.3, -0.25) is 9.59 Å². The molecule has 1 saturated heterocycles. The molecule has 2 amide bonds. The van der Waals surface area contributed by atoms with Crippen LogP contribution in [0.5, 0.6) is 0 Å². The first-order chi connectivity index (χ1) is 16.7. The lowest BCUT2D eigenvalue weighted by Gasteiger charge is -2.35. The minimum Gasteiger partial charge on any atom is -0.335 e. The summed E-state index contributed by atoms with van der Waals surface area (Å²) in [5, 5.41) is 0.656. The van der Waals surface area contributed by atoms with Gasteiger partial charge < -0.3 is 9.80 Å². The maximum atomic E-state index is 12.7. The van der Waals surface area contributed by atoms with Gasteiger partial charge in [-0.05, 0) is 42.3 Å². The van der Waals surface area contributed by atoms with Crippen molar-refractivity contribution in [2.45, 2.75) is 19.0 Å². The average Bonchev–Trinajstić information content (AvgIpc) is 2.87. The van der Waals surface area contributed by atoms with Gasteiger partial charge in [0.2, 0.25) is 0 Å². The van der Waals surface area contributed by atoms with E-state index in [4.69, 9.17) is 11.6 Å². The highest BCUT2D eigenvalue weighted by molar-refractivity contribution is 6.30. The lowest BCUT2D eigenvalue weighted by atomic mass is 10.1. The van der Waals surface area contributed by atoms with Crippen molar-refractivity contribution in [3.05, 3.63) is 82.8 Å². The Morgan fingerprint density at radius 1 is 0.857 bits per heavy atom. The van der Waals surface area contributed by atoms with E-state index in [0.29, 0.717) is 29.3 Å². The summed E-state index contributed by atoms with van der Waals surface area (Å²) in [4.78, 5) is 35.2. The van der Waals surface area contributed by atoms with Crippen molar-refractivity contribution in [3.63, 3.8) is 0 Å².